The van der Waals surface area contributed by atoms with Gasteiger partial charge in [0.2, 0.25) is 0 Å². The number of carbonyl (C=O) groups is 1. The molecule has 0 heterocycles. The minimum Gasteiger partial charge on any atom is -0.426 e. The number of carbonyl (C=O) groups excluding carboxylic acids is 1. The van der Waals surface area contributed by atoms with E-state index in [0.717, 1.165) is 24.2 Å². The van der Waals surface area contributed by atoms with Gasteiger partial charge in [-0.1, -0.05) is 64.5 Å². The Morgan fingerprint density at radius 3 is 2.46 bits per heavy atom. The van der Waals surface area contributed by atoms with Crippen LogP contribution in [0.2, 0.25) is 0 Å². The van der Waals surface area contributed by atoms with E-state index < -0.39 is 0 Å². The first-order valence-electron chi connectivity index (χ1n) is 10.9. The maximum atomic E-state index is 11.7. The number of esters is 1. The summed E-state index contributed by atoms with van der Waals surface area (Å²) in [6, 6.07) is 6.37. The first kappa shape index (κ1) is 21.0. The van der Waals surface area contributed by atoms with E-state index in [0.29, 0.717) is 11.8 Å². The molecule has 1 aliphatic rings. The van der Waals surface area contributed by atoms with Crippen LogP contribution in [0.25, 0.3) is 0 Å². The van der Waals surface area contributed by atoms with E-state index in [1.165, 1.54) is 69.8 Å². The smallest absolute Gasteiger partial charge is 0.311 e. The predicted molar refractivity (Wildman–Crippen MR) is 110 cm³/mol. The highest BCUT2D eigenvalue weighted by atomic mass is 16.5. The molecule has 0 unspecified atom stereocenters. The lowest BCUT2D eigenvalue weighted by molar-refractivity contribution is -0.134. The molecule has 0 amide bonds. The Labute approximate surface area is 160 Å². The van der Waals surface area contributed by atoms with E-state index in [1.54, 1.807) is 0 Å². The molecule has 0 bridgehead atoms. The van der Waals surface area contributed by atoms with Crippen molar-refractivity contribution in [3.63, 3.8) is 0 Å². The molecule has 1 saturated carbocycles. The number of rotatable bonds is 10. The molecule has 146 valence electrons. The van der Waals surface area contributed by atoms with Crippen LogP contribution in [0.5, 0.6) is 5.75 Å². The van der Waals surface area contributed by atoms with Gasteiger partial charge in [-0.15, -0.1) is 0 Å². The molecule has 0 N–H and O–H groups in total. The van der Waals surface area contributed by atoms with Gasteiger partial charge in [-0.25, -0.2) is 0 Å². The van der Waals surface area contributed by atoms with Gasteiger partial charge in [-0.2, -0.15) is 0 Å². The van der Waals surface area contributed by atoms with Crippen LogP contribution in [-0.4, -0.2) is 5.97 Å². The van der Waals surface area contributed by atoms with E-state index in [1.807, 2.05) is 13.0 Å². The van der Waals surface area contributed by atoms with Crippen molar-refractivity contribution >= 4 is 5.97 Å². The van der Waals surface area contributed by atoms with Crippen molar-refractivity contribution in [1.82, 2.24) is 0 Å². The second kappa shape index (κ2) is 10.7. The highest BCUT2D eigenvalue weighted by Crippen LogP contribution is 2.44. The van der Waals surface area contributed by atoms with Gasteiger partial charge in [0, 0.05) is 6.42 Å². The van der Waals surface area contributed by atoms with Crippen molar-refractivity contribution in [2.24, 2.45) is 5.41 Å². The van der Waals surface area contributed by atoms with Gasteiger partial charge in [0.1, 0.15) is 5.75 Å². The molecule has 2 rings (SSSR count). The number of hydrogen-bond donors (Lipinski definition) is 0. The Kier molecular flexibility index (Phi) is 8.68. The lowest BCUT2D eigenvalue weighted by atomic mass is 9.68. The summed E-state index contributed by atoms with van der Waals surface area (Å²) in [5, 5.41) is 0. The van der Waals surface area contributed by atoms with Crippen LogP contribution in [0.15, 0.2) is 18.2 Å². The van der Waals surface area contributed by atoms with Gasteiger partial charge in [0.15, 0.2) is 0 Å². The molecule has 0 atom stereocenters. The molecule has 2 heteroatoms. The second-order valence-corrected chi connectivity index (χ2v) is 8.34. The molecular weight excluding hydrogens is 320 g/mol. The second-order valence-electron chi connectivity index (χ2n) is 8.34. The molecule has 0 aromatic heterocycles. The Bertz CT molecular complexity index is 555. The van der Waals surface area contributed by atoms with Crippen LogP contribution in [-0.2, 0) is 11.2 Å². The molecule has 1 fully saturated rings. The number of unbranched alkanes of at least 4 members (excludes halogenated alkanes) is 2. The van der Waals surface area contributed by atoms with E-state index in [2.05, 4.69) is 26.0 Å². The van der Waals surface area contributed by atoms with Gasteiger partial charge in [-0.3, -0.25) is 4.79 Å². The zero-order valence-electron chi connectivity index (χ0n) is 17.2. The van der Waals surface area contributed by atoms with Crippen LogP contribution in [0.3, 0.4) is 0 Å². The number of benzene rings is 1. The van der Waals surface area contributed by atoms with E-state index >= 15 is 0 Å². The molecule has 2 nitrogen and oxygen atoms in total. The summed E-state index contributed by atoms with van der Waals surface area (Å²) in [6.45, 7) is 6.35. The molecule has 1 aromatic carbocycles. The van der Waals surface area contributed by atoms with Gasteiger partial charge in [0.25, 0.3) is 0 Å². The largest absolute Gasteiger partial charge is 0.426 e. The van der Waals surface area contributed by atoms with Gasteiger partial charge < -0.3 is 4.74 Å². The quantitative estimate of drug-likeness (QED) is 0.252. The monoisotopic (exact) mass is 358 g/mol. The Morgan fingerprint density at radius 1 is 1.04 bits per heavy atom. The van der Waals surface area contributed by atoms with E-state index in [9.17, 15) is 4.79 Å². The first-order chi connectivity index (χ1) is 12.6. The molecule has 1 aliphatic carbocycles. The Morgan fingerprint density at radius 2 is 1.81 bits per heavy atom. The average molecular weight is 359 g/mol. The van der Waals surface area contributed by atoms with E-state index in [4.69, 9.17) is 4.74 Å². The molecular formula is C24H38O2. The summed E-state index contributed by atoms with van der Waals surface area (Å²) < 4.78 is 5.48. The van der Waals surface area contributed by atoms with Crippen LogP contribution in [0, 0.1) is 12.3 Å². The van der Waals surface area contributed by atoms with Crippen molar-refractivity contribution in [1.29, 1.82) is 0 Å². The third kappa shape index (κ3) is 6.45. The summed E-state index contributed by atoms with van der Waals surface area (Å²) in [4.78, 5) is 11.7. The third-order valence-corrected chi connectivity index (χ3v) is 6.09. The number of hydrogen-bond acceptors (Lipinski definition) is 2. The summed E-state index contributed by atoms with van der Waals surface area (Å²) in [5.41, 5.74) is 3.04. The first-order valence-corrected chi connectivity index (χ1v) is 10.9. The van der Waals surface area contributed by atoms with Crippen LogP contribution < -0.4 is 4.74 Å². The summed E-state index contributed by atoms with van der Waals surface area (Å²) in [6.07, 6.45) is 16.4. The topological polar surface area (TPSA) is 26.3 Å². The molecule has 0 radical (unpaired) electrons. The minimum absolute atomic E-state index is 0.125. The average Bonchev–Trinajstić information content (AvgIpc) is 2.63. The van der Waals surface area contributed by atoms with Gasteiger partial charge in [-0.05, 0) is 68.1 Å². The Balaban J connectivity index is 1.95. The third-order valence-electron chi connectivity index (χ3n) is 6.09. The number of aryl methyl sites for hydroxylation is 2. The van der Waals surface area contributed by atoms with E-state index in [-0.39, 0.29) is 5.97 Å². The maximum Gasteiger partial charge on any atom is 0.311 e. The summed E-state index contributed by atoms with van der Waals surface area (Å²) >= 11 is 0. The van der Waals surface area contributed by atoms with Crippen molar-refractivity contribution < 1.29 is 9.53 Å². The Hall–Kier alpha value is -1.31. The molecule has 0 aliphatic heterocycles. The molecule has 0 spiro atoms. The summed E-state index contributed by atoms with van der Waals surface area (Å²) in [7, 11) is 0. The van der Waals surface area contributed by atoms with Crippen molar-refractivity contribution in [2.75, 3.05) is 0 Å². The van der Waals surface area contributed by atoms with Crippen molar-refractivity contribution in [3.8, 4) is 5.75 Å². The lowest BCUT2D eigenvalue weighted by Crippen LogP contribution is -2.25. The molecule has 0 saturated heterocycles. The zero-order chi connectivity index (χ0) is 18.8. The molecule has 26 heavy (non-hydrogen) atoms. The normalized spacial score (nSPS) is 16.4. The number of ether oxygens (including phenoxy) is 1. The zero-order valence-corrected chi connectivity index (χ0v) is 17.2. The van der Waals surface area contributed by atoms with Crippen LogP contribution >= 0.6 is 0 Å². The fourth-order valence-corrected chi connectivity index (χ4v) is 4.45. The van der Waals surface area contributed by atoms with Gasteiger partial charge >= 0.3 is 5.97 Å². The predicted octanol–water partition coefficient (Wildman–Crippen LogP) is 7.16. The maximum absolute atomic E-state index is 11.7. The van der Waals surface area contributed by atoms with Crippen molar-refractivity contribution in [3.05, 3.63) is 29.3 Å². The van der Waals surface area contributed by atoms with Crippen LogP contribution in [0.1, 0.15) is 102 Å². The standard InChI is InChI=1S/C24H38O2/c1-4-6-8-15-24(16-9-7-10-17-24)18-14-21-12-13-22(20(3)19-21)26-23(25)11-5-2/h12-13,19H,4-11,14-18H2,1-3H3. The fourth-order valence-electron chi connectivity index (χ4n) is 4.45. The summed E-state index contributed by atoms with van der Waals surface area (Å²) in [5.74, 6) is 0.600. The minimum atomic E-state index is -0.125. The lowest BCUT2D eigenvalue weighted by Gasteiger charge is -2.38. The van der Waals surface area contributed by atoms with Gasteiger partial charge in [0.05, 0.1) is 0 Å². The highest BCUT2D eigenvalue weighted by molar-refractivity contribution is 5.72. The van der Waals surface area contributed by atoms with Crippen LogP contribution in [0.4, 0.5) is 0 Å². The van der Waals surface area contributed by atoms with Crippen molar-refractivity contribution in [2.45, 2.75) is 104 Å². The highest BCUT2D eigenvalue weighted by Gasteiger charge is 2.30. The SMILES string of the molecule is CCCCCC1(CCc2ccc(OC(=O)CCC)c(C)c2)CCCCC1. The molecule has 1 aromatic rings. The fraction of sp³-hybridized carbons (Fsp3) is 0.708.